The van der Waals surface area contributed by atoms with E-state index in [1.165, 1.54) is 0 Å². The zero-order chi connectivity index (χ0) is 15.4. The summed E-state index contributed by atoms with van der Waals surface area (Å²) in [5, 5.41) is 2.72. The van der Waals surface area contributed by atoms with Crippen molar-refractivity contribution in [2.45, 2.75) is 12.8 Å². The number of esters is 1. The minimum Gasteiger partial charge on any atom is -0.455 e. The summed E-state index contributed by atoms with van der Waals surface area (Å²) in [5.74, 6) is -0.575. The number of amides is 1. The third kappa shape index (κ3) is 3.73. The third-order valence-corrected chi connectivity index (χ3v) is 3.53. The van der Waals surface area contributed by atoms with Crippen LogP contribution in [0.5, 0.6) is 0 Å². The van der Waals surface area contributed by atoms with Gasteiger partial charge in [-0.25, -0.2) is 0 Å². The van der Waals surface area contributed by atoms with Crippen LogP contribution in [0, 0.1) is 5.92 Å². The molecule has 1 fully saturated rings. The molecule has 0 atom stereocenters. The fourth-order valence-electron chi connectivity index (χ4n) is 2.15. The molecule has 1 amide bonds. The second-order valence-electron chi connectivity index (χ2n) is 5.37. The number of benzene rings is 2. The zero-order valence-corrected chi connectivity index (χ0v) is 12.1. The minimum absolute atomic E-state index is 0.0120. The van der Waals surface area contributed by atoms with Gasteiger partial charge in [0.1, 0.15) is 0 Å². The molecule has 0 bridgehead atoms. The van der Waals surface area contributed by atoms with Gasteiger partial charge in [0.05, 0.1) is 5.92 Å². The maximum absolute atomic E-state index is 11.7. The number of hydrogen-bond donors (Lipinski definition) is 1. The first-order valence-electron chi connectivity index (χ1n) is 7.34. The first-order chi connectivity index (χ1) is 10.7. The van der Waals surface area contributed by atoms with Crippen molar-refractivity contribution in [2.24, 2.45) is 5.92 Å². The molecule has 1 saturated carbocycles. The number of nitrogens with one attached hydrogen (secondary N) is 1. The highest BCUT2D eigenvalue weighted by Crippen LogP contribution is 2.30. The summed E-state index contributed by atoms with van der Waals surface area (Å²) < 4.78 is 4.94. The quantitative estimate of drug-likeness (QED) is 0.861. The van der Waals surface area contributed by atoms with Crippen molar-refractivity contribution in [3.63, 3.8) is 0 Å². The topological polar surface area (TPSA) is 55.4 Å². The molecule has 4 heteroatoms. The van der Waals surface area contributed by atoms with E-state index in [1.54, 1.807) is 0 Å². The molecular weight excluding hydrogens is 278 g/mol. The summed E-state index contributed by atoms with van der Waals surface area (Å²) in [6.07, 6.45) is 1.75. The molecule has 4 nitrogen and oxygen atoms in total. The minimum atomic E-state index is -0.318. The highest BCUT2D eigenvalue weighted by atomic mass is 16.5. The van der Waals surface area contributed by atoms with Gasteiger partial charge >= 0.3 is 5.97 Å². The van der Waals surface area contributed by atoms with Crippen LogP contribution in [0.4, 0.5) is 5.69 Å². The van der Waals surface area contributed by atoms with E-state index in [4.69, 9.17) is 4.74 Å². The molecule has 3 rings (SSSR count). The predicted octanol–water partition coefficient (Wildman–Crippen LogP) is 3.25. The molecule has 0 unspecified atom stereocenters. The normalized spacial score (nSPS) is 13.5. The third-order valence-electron chi connectivity index (χ3n) is 3.53. The van der Waals surface area contributed by atoms with Crippen molar-refractivity contribution in [1.29, 1.82) is 0 Å². The van der Waals surface area contributed by atoms with Crippen LogP contribution >= 0.6 is 0 Å². The second-order valence-corrected chi connectivity index (χ2v) is 5.37. The van der Waals surface area contributed by atoms with Gasteiger partial charge in [-0.05, 0) is 36.1 Å². The smallest absolute Gasteiger partial charge is 0.309 e. The number of hydrogen-bond acceptors (Lipinski definition) is 3. The van der Waals surface area contributed by atoms with Gasteiger partial charge in [-0.3, -0.25) is 9.59 Å². The standard InChI is InChI=1S/C18H17NO3/c20-17(12-22-18(21)15-6-7-15)19-16-10-8-14(9-11-16)13-4-2-1-3-5-13/h1-5,8-11,15H,6-7,12H2,(H,19,20). The first-order valence-corrected chi connectivity index (χ1v) is 7.34. The van der Waals surface area contributed by atoms with Crippen molar-refractivity contribution < 1.29 is 14.3 Å². The summed E-state index contributed by atoms with van der Waals surface area (Å²) in [4.78, 5) is 23.1. The van der Waals surface area contributed by atoms with Crippen molar-refractivity contribution in [2.75, 3.05) is 11.9 Å². The second kappa shape index (κ2) is 6.43. The zero-order valence-electron chi connectivity index (χ0n) is 12.1. The lowest BCUT2D eigenvalue weighted by molar-refractivity contribution is -0.148. The van der Waals surface area contributed by atoms with Crippen LogP contribution in [0.2, 0.25) is 0 Å². The van der Waals surface area contributed by atoms with E-state index in [9.17, 15) is 9.59 Å². The Labute approximate surface area is 129 Å². The maximum Gasteiger partial charge on any atom is 0.309 e. The van der Waals surface area contributed by atoms with Gasteiger partial charge in [-0.2, -0.15) is 0 Å². The van der Waals surface area contributed by atoms with Crippen LogP contribution in [-0.2, 0) is 14.3 Å². The molecule has 1 aliphatic carbocycles. The molecule has 22 heavy (non-hydrogen) atoms. The van der Waals surface area contributed by atoms with E-state index < -0.39 is 0 Å². The first kappa shape index (κ1) is 14.3. The molecule has 1 N–H and O–H groups in total. The predicted molar refractivity (Wildman–Crippen MR) is 84.2 cm³/mol. The van der Waals surface area contributed by atoms with Crippen LogP contribution < -0.4 is 5.32 Å². The summed E-state index contributed by atoms with van der Waals surface area (Å²) in [6, 6.07) is 17.6. The Morgan fingerprint density at radius 3 is 2.23 bits per heavy atom. The molecule has 0 heterocycles. The summed E-state index contributed by atoms with van der Waals surface area (Å²) in [6.45, 7) is -0.226. The van der Waals surface area contributed by atoms with Gasteiger partial charge in [-0.1, -0.05) is 42.5 Å². The van der Waals surface area contributed by atoms with Gasteiger partial charge in [-0.15, -0.1) is 0 Å². The molecule has 2 aromatic carbocycles. The number of rotatable bonds is 5. The summed E-state index contributed by atoms with van der Waals surface area (Å²) in [7, 11) is 0. The Hall–Kier alpha value is -2.62. The highest BCUT2D eigenvalue weighted by Gasteiger charge is 2.31. The largest absolute Gasteiger partial charge is 0.455 e. The Balaban J connectivity index is 1.54. The highest BCUT2D eigenvalue weighted by molar-refractivity contribution is 5.93. The Morgan fingerprint density at radius 1 is 0.955 bits per heavy atom. The molecule has 112 valence electrons. The molecular formula is C18H17NO3. The van der Waals surface area contributed by atoms with E-state index in [0.29, 0.717) is 5.69 Å². The lowest BCUT2D eigenvalue weighted by Crippen LogP contribution is -2.21. The van der Waals surface area contributed by atoms with E-state index in [2.05, 4.69) is 5.32 Å². The average Bonchev–Trinajstić information content (AvgIpc) is 3.39. The maximum atomic E-state index is 11.7. The van der Waals surface area contributed by atoms with Gasteiger partial charge < -0.3 is 10.1 Å². The lowest BCUT2D eigenvalue weighted by atomic mass is 10.1. The van der Waals surface area contributed by atoms with E-state index >= 15 is 0 Å². The molecule has 0 spiro atoms. The molecule has 0 aromatic heterocycles. The van der Waals surface area contributed by atoms with Gasteiger partial charge in [0, 0.05) is 5.69 Å². The molecule has 0 aliphatic heterocycles. The monoisotopic (exact) mass is 295 g/mol. The van der Waals surface area contributed by atoms with Gasteiger partial charge in [0.15, 0.2) is 6.61 Å². The SMILES string of the molecule is O=C(COC(=O)C1CC1)Nc1ccc(-c2ccccc2)cc1. The van der Waals surface area contributed by atoms with Crippen LogP contribution in [-0.4, -0.2) is 18.5 Å². The Bertz CT molecular complexity index is 660. The summed E-state index contributed by atoms with van der Waals surface area (Å²) >= 11 is 0. The summed E-state index contributed by atoms with van der Waals surface area (Å²) in [5.41, 5.74) is 2.89. The van der Waals surface area contributed by atoms with Crippen molar-refractivity contribution >= 4 is 17.6 Å². The molecule has 2 aromatic rings. The molecule has 0 saturated heterocycles. The molecule has 1 aliphatic rings. The number of anilines is 1. The van der Waals surface area contributed by atoms with E-state index in [0.717, 1.165) is 24.0 Å². The average molecular weight is 295 g/mol. The van der Waals surface area contributed by atoms with Crippen LogP contribution in [0.3, 0.4) is 0 Å². The number of carbonyl (C=O) groups excluding carboxylic acids is 2. The molecule has 0 radical (unpaired) electrons. The fraction of sp³-hybridized carbons (Fsp3) is 0.222. The van der Waals surface area contributed by atoms with E-state index in [1.807, 2.05) is 54.6 Å². The van der Waals surface area contributed by atoms with Crippen LogP contribution in [0.25, 0.3) is 11.1 Å². The van der Waals surface area contributed by atoms with Crippen LogP contribution in [0.1, 0.15) is 12.8 Å². The van der Waals surface area contributed by atoms with Crippen molar-refractivity contribution in [1.82, 2.24) is 0 Å². The number of carbonyl (C=O) groups is 2. The van der Waals surface area contributed by atoms with Gasteiger partial charge in [0.2, 0.25) is 0 Å². The lowest BCUT2D eigenvalue weighted by Gasteiger charge is -2.07. The van der Waals surface area contributed by atoms with E-state index in [-0.39, 0.29) is 24.4 Å². The van der Waals surface area contributed by atoms with Crippen molar-refractivity contribution in [3.8, 4) is 11.1 Å². The Morgan fingerprint density at radius 2 is 1.59 bits per heavy atom. The van der Waals surface area contributed by atoms with Crippen molar-refractivity contribution in [3.05, 3.63) is 54.6 Å². The fourth-order valence-corrected chi connectivity index (χ4v) is 2.15. The van der Waals surface area contributed by atoms with Gasteiger partial charge in [0.25, 0.3) is 5.91 Å². The number of ether oxygens (including phenoxy) is 1. The Kier molecular flexibility index (Phi) is 4.19. The van der Waals surface area contributed by atoms with Crippen LogP contribution in [0.15, 0.2) is 54.6 Å².